The molecule has 3 aliphatic heterocycles. The van der Waals surface area contributed by atoms with Crippen molar-refractivity contribution in [1.82, 2.24) is 10.2 Å². The van der Waals surface area contributed by atoms with Crippen molar-refractivity contribution < 1.29 is 14.3 Å². The third kappa shape index (κ3) is 2.32. The second-order valence-electron chi connectivity index (χ2n) is 5.12. The number of carbonyl (C=O) groups excluding carboxylic acids is 1. The fourth-order valence-corrected chi connectivity index (χ4v) is 3.08. The van der Waals surface area contributed by atoms with Gasteiger partial charge in [-0.05, 0) is 25.3 Å². The lowest BCUT2D eigenvalue weighted by Gasteiger charge is -2.37. The standard InChI is InChI=1S/C12H20N2O3/c15-12(11-8-16-5-6-17-11)14-4-2-10-9(7-14)1-3-13-10/h9-11,13H,1-8H2. The maximum Gasteiger partial charge on any atom is 0.254 e. The largest absolute Gasteiger partial charge is 0.376 e. The highest BCUT2D eigenvalue weighted by Crippen LogP contribution is 2.25. The van der Waals surface area contributed by atoms with Crippen LogP contribution in [0.2, 0.25) is 0 Å². The van der Waals surface area contributed by atoms with Gasteiger partial charge in [0.2, 0.25) is 0 Å². The summed E-state index contributed by atoms with van der Waals surface area (Å²) in [6.07, 6.45) is 1.90. The first-order valence-corrected chi connectivity index (χ1v) is 6.56. The molecule has 3 rings (SSSR count). The highest BCUT2D eigenvalue weighted by Gasteiger charge is 2.36. The van der Waals surface area contributed by atoms with E-state index < -0.39 is 0 Å². The summed E-state index contributed by atoms with van der Waals surface area (Å²) < 4.78 is 10.8. The Hall–Kier alpha value is -0.650. The van der Waals surface area contributed by atoms with Crippen LogP contribution in [-0.4, -0.2) is 62.4 Å². The van der Waals surface area contributed by atoms with Gasteiger partial charge in [-0.15, -0.1) is 0 Å². The second kappa shape index (κ2) is 4.92. The van der Waals surface area contributed by atoms with Gasteiger partial charge in [-0.3, -0.25) is 4.79 Å². The van der Waals surface area contributed by atoms with Crippen LogP contribution in [0.5, 0.6) is 0 Å². The van der Waals surface area contributed by atoms with Gasteiger partial charge in [-0.2, -0.15) is 0 Å². The topological polar surface area (TPSA) is 50.8 Å². The minimum atomic E-state index is -0.366. The normalized spacial score (nSPS) is 37.9. The second-order valence-corrected chi connectivity index (χ2v) is 5.12. The van der Waals surface area contributed by atoms with Gasteiger partial charge in [0, 0.05) is 19.1 Å². The first-order chi connectivity index (χ1) is 8.34. The molecule has 5 heteroatoms. The third-order valence-electron chi connectivity index (χ3n) is 4.06. The zero-order valence-corrected chi connectivity index (χ0v) is 10.1. The molecular weight excluding hydrogens is 220 g/mol. The van der Waals surface area contributed by atoms with Crippen molar-refractivity contribution in [1.29, 1.82) is 0 Å². The van der Waals surface area contributed by atoms with Crippen LogP contribution in [0.4, 0.5) is 0 Å². The van der Waals surface area contributed by atoms with Crippen LogP contribution in [0.25, 0.3) is 0 Å². The number of piperidine rings is 1. The lowest BCUT2D eigenvalue weighted by molar-refractivity contribution is -0.159. The summed E-state index contributed by atoms with van der Waals surface area (Å²) in [5, 5.41) is 3.50. The maximum atomic E-state index is 12.2. The molecule has 0 saturated carbocycles. The Bertz CT molecular complexity index is 291. The van der Waals surface area contributed by atoms with Crippen LogP contribution in [0.15, 0.2) is 0 Å². The van der Waals surface area contributed by atoms with Crippen molar-refractivity contribution in [3.63, 3.8) is 0 Å². The number of amides is 1. The molecule has 3 heterocycles. The summed E-state index contributed by atoms with van der Waals surface area (Å²) in [5.41, 5.74) is 0. The van der Waals surface area contributed by atoms with E-state index in [1.165, 1.54) is 6.42 Å². The monoisotopic (exact) mass is 240 g/mol. The quantitative estimate of drug-likeness (QED) is 0.678. The molecule has 3 atom stereocenters. The molecule has 3 unspecified atom stereocenters. The Morgan fingerprint density at radius 2 is 2.24 bits per heavy atom. The van der Waals surface area contributed by atoms with Gasteiger partial charge in [0.05, 0.1) is 19.8 Å². The van der Waals surface area contributed by atoms with E-state index in [1.54, 1.807) is 0 Å². The van der Waals surface area contributed by atoms with Gasteiger partial charge in [0.1, 0.15) is 0 Å². The van der Waals surface area contributed by atoms with E-state index in [-0.39, 0.29) is 12.0 Å². The molecule has 1 N–H and O–H groups in total. The maximum absolute atomic E-state index is 12.2. The van der Waals surface area contributed by atoms with Crippen LogP contribution in [0.1, 0.15) is 12.8 Å². The number of nitrogens with one attached hydrogen (secondary N) is 1. The summed E-state index contributed by atoms with van der Waals surface area (Å²) >= 11 is 0. The smallest absolute Gasteiger partial charge is 0.254 e. The molecule has 3 aliphatic rings. The van der Waals surface area contributed by atoms with Crippen LogP contribution in [0, 0.1) is 5.92 Å². The first kappa shape index (κ1) is 11.4. The highest BCUT2D eigenvalue weighted by molar-refractivity contribution is 5.81. The van der Waals surface area contributed by atoms with Gasteiger partial charge in [-0.25, -0.2) is 0 Å². The molecule has 0 bridgehead atoms. The minimum absolute atomic E-state index is 0.120. The lowest BCUT2D eigenvalue weighted by Crippen LogP contribution is -2.52. The van der Waals surface area contributed by atoms with Crippen molar-refractivity contribution >= 4 is 5.91 Å². The molecule has 5 nitrogen and oxygen atoms in total. The molecule has 0 aromatic carbocycles. The van der Waals surface area contributed by atoms with Crippen LogP contribution in [0.3, 0.4) is 0 Å². The molecule has 0 aromatic heterocycles. The van der Waals surface area contributed by atoms with Crippen molar-refractivity contribution in [2.45, 2.75) is 25.0 Å². The summed E-state index contributed by atoms with van der Waals surface area (Å²) in [4.78, 5) is 14.2. The SMILES string of the molecule is O=C(C1COCCO1)N1CCC2NCCC2C1. The zero-order chi connectivity index (χ0) is 11.7. The third-order valence-corrected chi connectivity index (χ3v) is 4.06. The predicted octanol–water partition coefficient (Wildman–Crippen LogP) is -0.388. The number of carbonyl (C=O) groups is 1. The van der Waals surface area contributed by atoms with Crippen LogP contribution < -0.4 is 5.32 Å². The molecule has 3 fully saturated rings. The summed E-state index contributed by atoms with van der Waals surface area (Å²) in [6, 6.07) is 0.627. The van der Waals surface area contributed by atoms with Gasteiger partial charge in [-0.1, -0.05) is 0 Å². The number of nitrogens with zero attached hydrogens (tertiary/aromatic N) is 1. The fraction of sp³-hybridized carbons (Fsp3) is 0.917. The molecule has 3 saturated heterocycles. The van der Waals surface area contributed by atoms with Crippen LogP contribution >= 0.6 is 0 Å². The van der Waals surface area contributed by atoms with E-state index in [9.17, 15) is 4.79 Å². The molecule has 96 valence electrons. The summed E-state index contributed by atoms with van der Waals surface area (Å²) in [7, 11) is 0. The summed E-state index contributed by atoms with van der Waals surface area (Å²) in [6.45, 7) is 4.40. The van der Waals surface area contributed by atoms with E-state index in [2.05, 4.69) is 5.32 Å². The fourth-order valence-electron chi connectivity index (χ4n) is 3.08. The number of ether oxygens (including phenoxy) is 2. The zero-order valence-electron chi connectivity index (χ0n) is 10.1. The highest BCUT2D eigenvalue weighted by atomic mass is 16.6. The Morgan fingerprint density at radius 3 is 3.06 bits per heavy atom. The molecule has 1 amide bonds. The lowest BCUT2D eigenvalue weighted by atomic mass is 9.93. The van der Waals surface area contributed by atoms with Crippen molar-refractivity contribution in [3.8, 4) is 0 Å². The molecular formula is C12H20N2O3. The van der Waals surface area contributed by atoms with E-state index in [1.807, 2.05) is 4.90 Å². The van der Waals surface area contributed by atoms with Gasteiger partial charge >= 0.3 is 0 Å². The Balaban J connectivity index is 1.58. The van der Waals surface area contributed by atoms with Gasteiger partial charge < -0.3 is 19.7 Å². The average molecular weight is 240 g/mol. The Morgan fingerprint density at radius 1 is 1.29 bits per heavy atom. The van der Waals surface area contributed by atoms with Gasteiger partial charge in [0.25, 0.3) is 5.91 Å². The Labute approximate surface area is 101 Å². The van der Waals surface area contributed by atoms with E-state index >= 15 is 0 Å². The molecule has 0 aliphatic carbocycles. The minimum Gasteiger partial charge on any atom is -0.376 e. The van der Waals surface area contributed by atoms with E-state index in [0.717, 1.165) is 26.1 Å². The summed E-state index contributed by atoms with van der Waals surface area (Å²) in [5.74, 6) is 0.757. The van der Waals surface area contributed by atoms with E-state index in [0.29, 0.717) is 31.8 Å². The molecule has 0 aromatic rings. The number of likely N-dealkylation sites (tertiary alicyclic amines) is 1. The van der Waals surface area contributed by atoms with Crippen molar-refractivity contribution in [3.05, 3.63) is 0 Å². The molecule has 17 heavy (non-hydrogen) atoms. The predicted molar refractivity (Wildman–Crippen MR) is 61.7 cm³/mol. The van der Waals surface area contributed by atoms with Crippen molar-refractivity contribution in [2.75, 3.05) is 39.5 Å². The number of rotatable bonds is 1. The number of fused-ring (bicyclic) bond motifs is 1. The van der Waals surface area contributed by atoms with Crippen molar-refractivity contribution in [2.24, 2.45) is 5.92 Å². The Kier molecular flexibility index (Phi) is 3.31. The molecule has 0 radical (unpaired) electrons. The average Bonchev–Trinajstić information content (AvgIpc) is 2.86. The molecule has 0 spiro atoms. The first-order valence-electron chi connectivity index (χ1n) is 6.56. The number of hydrogen-bond acceptors (Lipinski definition) is 4. The van der Waals surface area contributed by atoms with E-state index in [4.69, 9.17) is 9.47 Å². The van der Waals surface area contributed by atoms with Crippen LogP contribution in [-0.2, 0) is 14.3 Å². The van der Waals surface area contributed by atoms with Gasteiger partial charge in [0.15, 0.2) is 6.10 Å². The number of hydrogen-bond donors (Lipinski definition) is 1.